The molecule has 1 aliphatic heterocycles. The fraction of sp³-hybridized carbons (Fsp3) is 0.333. The summed E-state index contributed by atoms with van der Waals surface area (Å²) in [5.41, 5.74) is 2.93. The summed E-state index contributed by atoms with van der Waals surface area (Å²) in [6, 6.07) is 15.0. The molecule has 27 heavy (non-hydrogen) atoms. The lowest BCUT2D eigenvalue weighted by Gasteiger charge is -2.31. The molecule has 0 saturated carbocycles. The zero-order chi connectivity index (χ0) is 19.2. The normalized spacial score (nSPS) is 18.3. The first-order valence-corrected chi connectivity index (χ1v) is 9.13. The smallest absolute Gasteiger partial charge is 0.365 e. The molecule has 1 amide bonds. The number of nitrogens with one attached hydrogen (secondary N) is 2. The first-order chi connectivity index (χ1) is 13.1. The van der Waals surface area contributed by atoms with Crippen LogP contribution < -0.4 is 15.0 Å². The Morgan fingerprint density at radius 1 is 1.11 bits per heavy atom. The van der Waals surface area contributed by atoms with E-state index in [0.29, 0.717) is 31.0 Å². The summed E-state index contributed by atoms with van der Waals surface area (Å²) in [6.45, 7) is 3.20. The van der Waals surface area contributed by atoms with Crippen molar-refractivity contribution < 1.29 is 24.0 Å². The van der Waals surface area contributed by atoms with Gasteiger partial charge in [0.25, 0.3) is 5.91 Å². The molecule has 1 aliphatic rings. The molecule has 1 heterocycles. The summed E-state index contributed by atoms with van der Waals surface area (Å²) < 4.78 is 10.5. The van der Waals surface area contributed by atoms with Crippen molar-refractivity contribution >= 4 is 17.6 Å². The van der Waals surface area contributed by atoms with Crippen LogP contribution in [0, 0.1) is 0 Å². The quantitative estimate of drug-likeness (QED) is 0.751. The van der Waals surface area contributed by atoms with E-state index in [1.165, 1.54) is 7.11 Å². The predicted octanol–water partition coefficient (Wildman–Crippen LogP) is 1.21. The van der Waals surface area contributed by atoms with E-state index in [9.17, 15) is 9.59 Å². The average Bonchev–Trinajstić information content (AvgIpc) is 2.68. The van der Waals surface area contributed by atoms with Crippen LogP contribution in [0.15, 0.2) is 48.5 Å². The minimum atomic E-state index is -0.391. The van der Waals surface area contributed by atoms with Crippen LogP contribution in [0.25, 0.3) is 0 Å². The maximum absolute atomic E-state index is 12.7. The first kappa shape index (κ1) is 18.9. The van der Waals surface area contributed by atoms with Crippen LogP contribution in [0.5, 0.6) is 5.75 Å². The highest BCUT2D eigenvalue weighted by Crippen LogP contribution is 2.23. The fourth-order valence-electron chi connectivity index (χ4n) is 3.49. The molecule has 142 valence electrons. The predicted molar refractivity (Wildman–Crippen MR) is 102 cm³/mol. The minimum absolute atomic E-state index is 0.162. The summed E-state index contributed by atoms with van der Waals surface area (Å²) >= 11 is 0. The molecule has 0 spiro atoms. The molecule has 6 nitrogen and oxygen atoms in total. The number of carbonyl (C=O) groups excluding carboxylic acids is 2. The molecule has 0 aromatic heterocycles. The van der Waals surface area contributed by atoms with Crippen LogP contribution in [0.3, 0.4) is 0 Å². The number of esters is 1. The lowest BCUT2D eigenvalue weighted by atomic mass is 9.94. The third kappa shape index (κ3) is 4.46. The van der Waals surface area contributed by atoms with E-state index in [0.717, 1.165) is 16.0 Å². The maximum atomic E-state index is 12.7. The van der Waals surface area contributed by atoms with E-state index in [1.807, 2.05) is 55.5 Å². The summed E-state index contributed by atoms with van der Waals surface area (Å²) in [5, 5.41) is 2.91. The van der Waals surface area contributed by atoms with Gasteiger partial charge in [0.15, 0.2) is 12.6 Å². The van der Waals surface area contributed by atoms with Crippen molar-refractivity contribution in [1.29, 1.82) is 0 Å². The van der Waals surface area contributed by atoms with Crippen molar-refractivity contribution in [2.45, 2.75) is 25.9 Å². The number of amides is 1. The number of ether oxygens (including phenoxy) is 2. The average molecular weight is 369 g/mol. The van der Waals surface area contributed by atoms with E-state index in [1.54, 1.807) is 0 Å². The zero-order valence-electron chi connectivity index (χ0n) is 15.7. The molecule has 0 radical (unpaired) electrons. The molecule has 0 fully saturated rings. The van der Waals surface area contributed by atoms with E-state index >= 15 is 0 Å². The number of para-hydroxylation sites is 2. The molecule has 2 aromatic carbocycles. The molecular weight excluding hydrogens is 344 g/mol. The third-order valence-electron chi connectivity index (χ3n) is 4.79. The molecule has 0 aliphatic carbocycles. The van der Waals surface area contributed by atoms with Crippen LogP contribution in [0.4, 0.5) is 5.69 Å². The highest BCUT2D eigenvalue weighted by Gasteiger charge is 2.37. The van der Waals surface area contributed by atoms with E-state index in [4.69, 9.17) is 9.47 Å². The lowest BCUT2D eigenvalue weighted by molar-refractivity contribution is -0.924. The Balaban J connectivity index is 1.74. The number of quaternary nitrogens is 1. The van der Waals surface area contributed by atoms with Gasteiger partial charge < -0.3 is 19.7 Å². The minimum Gasteiger partial charge on any atom is -0.492 e. The number of hydrogen-bond donors (Lipinski definition) is 2. The molecule has 3 rings (SSSR count). The number of carbonyl (C=O) groups is 2. The van der Waals surface area contributed by atoms with Gasteiger partial charge >= 0.3 is 5.97 Å². The standard InChI is InChI=1S/C21H24N2O4/c1-3-27-19-11-7-6-10-17(19)22-20(24)14-23-13-16-9-5-4-8-15(16)12-18(23)21(25)26-2/h4-11,18H,3,12-14H2,1-2H3,(H,22,24)/p+1/t18-/m0/s1. The summed E-state index contributed by atoms with van der Waals surface area (Å²) in [4.78, 5) is 25.8. The van der Waals surface area contributed by atoms with E-state index < -0.39 is 6.04 Å². The Labute approximate surface area is 159 Å². The van der Waals surface area contributed by atoms with Gasteiger partial charge in [-0.15, -0.1) is 0 Å². The second-order valence-corrected chi connectivity index (χ2v) is 6.54. The van der Waals surface area contributed by atoms with Gasteiger partial charge in [0.05, 0.1) is 19.4 Å². The molecular formula is C21H25N2O4+. The topological polar surface area (TPSA) is 69.1 Å². The van der Waals surface area contributed by atoms with E-state index in [-0.39, 0.29) is 18.4 Å². The number of fused-ring (bicyclic) bond motifs is 1. The van der Waals surface area contributed by atoms with Gasteiger partial charge in [0.1, 0.15) is 12.3 Å². The number of rotatable bonds is 6. The molecule has 0 bridgehead atoms. The van der Waals surface area contributed by atoms with Crippen molar-refractivity contribution in [3.63, 3.8) is 0 Å². The Bertz CT molecular complexity index is 821. The van der Waals surface area contributed by atoms with Crippen LogP contribution >= 0.6 is 0 Å². The van der Waals surface area contributed by atoms with Crippen LogP contribution in [0.2, 0.25) is 0 Å². The number of methoxy groups -OCH3 is 1. The lowest BCUT2D eigenvalue weighted by Crippen LogP contribution is -3.17. The van der Waals surface area contributed by atoms with Crippen molar-refractivity contribution in [2.24, 2.45) is 0 Å². The maximum Gasteiger partial charge on any atom is 0.365 e. The van der Waals surface area contributed by atoms with Gasteiger partial charge in [-0.3, -0.25) is 4.79 Å². The van der Waals surface area contributed by atoms with Gasteiger partial charge in [0, 0.05) is 12.0 Å². The Morgan fingerprint density at radius 2 is 1.81 bits per heavy atom. The number of hydrogen-bond acceptors (Lipinski definition) is 4. The van der Waals surface area contributed by atoms with Gasteiger partial charge in [-0.2, -0.15) is 0 Å². The highest BCUT2D eigenvalue weighted by molar-refractivity contribution is 5.93. The summed E-state index contributed by atoms with van der Waals surface area (Å²) in [6.07, 6.45) is 0.570. The first-order valence-electron chi connectivity index (χ1n) is 9.13. The number of benzene rings is 2. The van der Waals surface area contributed by atoms with Crippen molar-refractivity contribution in [3.05, 3.63) is 59.7 Å². The fourth-order valence-corrected chi connectivity index (χ4v) is 3.49. The molecule has 1 unspecified atom stereocenters. The zero-order valence-corrected chi connectivity index (χ0v) is 15.7. The number of anilines is 1. The van der Waals surface area contributed by atoms with Crippen LogP contribution in [0.1, 0.15) is 18.1 Å². The van der Waals surface area contributed by atoms with Gasteiger partial charge in [-0.25, -0.2) is 4.79 Å². The molecule has 2 atom stereocenters. The Kier molecular flexibility index (Phi) is 6.08. The van der Waals surface area contributed by atoms with Crippen molar-refractivity contribution in [2.75, 3.05) is 25.6 Å². The molecule has 2 N–H and O–H groups in total. The summed E-state index contributed by atoms with van der Waals surface area (Å²) in [7, 11) is 1.39. The molecule has 6 heteroatoms. The SMILES string of the molecule is CCOc1ccccc1NC(=O)C[NH+]1Cc2ccccc2C[C@H]1C(=O)OC. The van der Waals surface area contributed by atoms with Gasteiger partial charge in [-0.05, 0) is 24.6 Å². The summed E-state index contributed by atoms with van der Waals surface area (Å²) in [5.74, 6) is 0.185. The van der Waals surface area contributed by atoms with Crippen molar-refractivity contribution in [3.8, 4) is 5.75 Å². The van der Waals surface area contributed by atoms with E-state index in [2.05, 4.69) is 5.32 Å². The monoisotopic (exact) mass is 369 g/mol. The largest absolute Gasteiger partial charge is 0.492 e. The highest BCUT2D eigenvalue weighted by atomic mass is 16.5. The molecule has 0 saturated heterocycles. The molecule has 2 aromatic rings. The van der Waals surface area contributed by atoms with Crippen LogP contribution in [-0.4, -0.2) is 38.2 Å². The van der Waals surface area contributed by atoms with Gasteiger partial charge in [-0.1, -0.05) is 36.4 Å². The van der Waals surface area contributed by atoms with Crippen LogP contribution in [-0.2, 0) is 27.3 Å². The Morgan fingerprint density at radius 3 is 2.56 bits per heavy atom. The third-order valence-corrected chi connectivity index (χ3v) is 4.79. The Hall–Kier alpha value is -2.86. The second-order valence-electron chi connectivity index (χ2n) is 6.54. The van der Waals surface area contributed by atoms with Gasteiger partial charge in [0.2, 0.25) is 0 Å². The van der Waals surface area contributed by atoms with Crippen molar-refractivity contribution in [1.82, 2.24) is 0 Å². The second kappa shape index (κ2) is 8.68.